The van der Waals surface area contributed by atoms with Gasteiger partial charge in [0.2, 0.25) is 0 Å². The van der Waals surface area contributed by atoms with Crippen molar-refractivity contribution in [2.75, 3.05) is 6.61 Å². The summed E-state index contributed by atoms with van der Waals surface area (Å²) < 4.78 is 6.07. The first-order valence-electron chi connectivity index (χ1n) is 11.1. The SMILES string of the molecule is C/C=C/COC1CCC2CC(c3ccc4c(c3)CCC(C)C4)CCC2C1. The van der Waals surface area contributed by atoms with Gasteiger partial charge in [-0.1, -0.05) is 37.3 Å². The molecule has 0 amide bonds. The van der Waals surface area contributed by atoms with E-state index in [4.69, 9.17) is 4.74 Å². The lowest BCUT2D eigenvalue weighted by atomic mass is 9.65. The van der Waals surface area contributed by atoms with Crippen LogP contribution < -0.4 is 0 Å². The highest BCUT2D eigenvalue weighted by atomic mass is 16.5. The Labute approximate surface area is 160 Å². The topological polar surface area (TPSA) is 9.23 Å². The normalized spacial score (nSPS) is 34.5. The highest BCUT2D eigenvalue weighted by Crippen LogP contribution is 2.47. The Bertz CT molecular complexity index is 631. The molecule has 0 aliphatic heterocycles. The van der Waals surface area contributed by atoms with Crippen molar-refractivity contribution in [3.63, 3.8) is 0 Å². The molecule has 0 heterocycles. The standard InChI is InChI=1S/C25H36O/c1-3-4-13-26-25-12-11-23-16-22(9-10-24(23)17-25)21-8-7-19-14-18(2)5-6-20(19)15-21/h3-4,7-8,15,18,22-25H,5-6,9-14,16-17H2,1-2H3/b4-3+. The number of benzene rings is 1. The van der Waals surface area contributed by atoms with Crippen LogP contribution in [0.25, 0.3) is 0 Å². The second-order valence-electron chi connectivity index (χ2n) is 9.24. The van der Waals surface area contributed by atoms with Gasteiger partial charge in [-0.05, 0) is 105 Å². The van der Waals surface area contributed by atoms with E-state index in [2.05, 4.69) is 44.2 Å². The first kappa shape index (κ1) is 18.3. The Balaban J connectivity index is 1.36. The van der Waals surface area contributed by atoms with Crippen LogP contribution in [0.2, 0.25) is 0 Å². The first-order chi connectivity index (χ1) is 12.7. The summed E-state index contributed by atoms with van der Waals surface area (Å²) in [5.74, 6) is 3.52. The molecule has 1 heteroatoms. The van der Waals surface area contributed by atoms with E-state index >= 15 is 0 Å². The lowest BCUT2D eigenvalue weighted by Crippen LogP contribution is -2.33. The number of hydrogen-bond donors (Lipinski definition) is 0. The van der Waals surface area contributed by atoms with Gasteiger partial charge in [-0.15, -0.1) is 0 Å². The average Bonchev–Trinajstić information content (AvgIpc) is 2.67. The highest BCUT2D eigenvalue weighted by molar-refractivity contribution is 5.36. The average molecular weight is 353 g/mol. The van der Waals surface area contributed by atoms with Crippen LogP contribution in [0.15, 0.2) is 30.4 Å². The largest absolute Gasteiger partial charge is 0.374 e. The smallest absolute Gasteiger partial charge is 0.0651 e. The van der Waals surface area contributed by atoms with Crippen LogP contribution in [-0.4, -0.2) is 12.7 Å². The molecular weight excluding hydrogens is 316 g/mol. The highest BCUT2D eigenvalue weighted by Gasteiger charge is 2.36. The fourth-order valence-corrected chi connectivity index (χ4v) is 5.80. The Morgan fingerprint density at radius 1 is 1.00 bits per heavy atom. The van der Waals surface area contributed by atoms with Crippen molar-refractivity contribution in [1.29, 1.82) is 0 Å². The molecule has 0 radical (unpaired) electrons. The van der Waals surface area contributed by atoms with Crippen LogP contribution in [0.5, 0.6) is 0 Å². The van der Waals surface area contributed by atoms with Gasteiger partial charge in [-0.2, -0.15) is 0 Å². The fraction of sp³-hybridized carbons (Fsp3) is 0.680. The van der Waals surface area contributed by atoms with Crippen molar-refractivity contribution in [2.45, 2.75) is 83.7 Å². The Morgan fingerprint density at radius 3 is 2.73 bits per heavy atom. The predicted molar refractivity (Wildman–Crippen MR) is 110 cm³/mol. The lowest BCUT2D eigenvalue weighted by Gasteiger charge is -2.42. The summed E-state index contributed by atoms with van der Waals surface area (Å²) in [5.41, 5.74) is 4.92. The third-order valence-electron chi connectivity index (χ3n) is 7.41. The van der Waals surface area contributed by atoms with Crippen molar-refractivity contribution in [3.8, 4) is 0 Å². The van der Waals surface area contributed by atoms with Crippen LogP contribution in [-0.2, 0) is 17.6 Å². The molecule has 1 aromatic carbocycles. The molecule has 4 rings (SSSR count). The number of ether oxygens (including phenoxy) is 1. The first-order valence-corrected chi connectivity index (χ1v) is 11.1. The molecule has 2 fully saturated rings. The van der Waals surface area contributed by atoms with E-state index in [0.29, 0.717) is 6.10 Å². The minimum absolute atomic E-state index is 0.509. The summed E-state index contributed by atoms with van der Waals surface area (Å²) in [4.78, 5) is 0. The second kappa shape index (κ2) is 8.30. The van der Waals surface area contributed by atoms with Crippen LogP contribution in [0.3, 0.4) is 0 Å². The summed E-state index contributed by atoms with van der Waals surface area (Å²) in [6.45, 7) is 5.27. The predicted octanol–water partition coefficient (Wildman–Crippen LogP) is 6.46. The van der Waals surface area contributed by atoms with Gasteiger partial charge in [0.15, 0.2) is 0 Å². The number of fused-ring (bicyclic) bond motifs is 2. The lowest BCUT2D eigenvalue weighted by molar-refractivity contribution is -0.00320. The number of aryl methyl sites for hydroxylation is 1. The maximum Gasteiger partial charge on any atom is 0.0651 e. The van der Waals surface area contributed by atoms with E-state index in [1.165, 1.54) is 57.8 Å². The van der Waals surface area contributed by atoms with Gasteiger partial charge in [-0.25, -0.2) is 0 Å². The summed E-state index contributed by atoms with van der Waals surface area (Å²) in [5, 5.41) is 0. The van der Waals surface area contributed by atoms with E-state index in [1.807, 2.05) is 0 Å². The molecule has 5 unspecified atom stereocenters. The molecule has 0 aromatic heterocycles. The van der Waals surface area contributed by atoms with Crippen LogP contribution in [0.1, 0.15) is 81.4 Å². The zero-order chi connectivity index (χ0) is 17.9. The minimum Gasteiger partial charge on any atom is -0.374 e. The van der Waals surface area contributed by atoms with Crippen molar-refractivity contribution in [2.24, 2.45) is 17.8 Å². The zero-order valence-electron chi connectivity index (χ0n) is 16.8. The molecule has 3 aliphatic carbocycles. The molecule has 3 aliphatic rings. The van der Waals surface area contributed by atoms with Crippen LogP contribution in [0, 0.1) is 17.8 Å². The molecule has 0 spiro atoms. The molecule has 5 atom stereocenters. The Morgan fingerprint density at radius 2 is 1.85 bits per heavy atom. The molecule has 26 heavy (non-hydrogen) atoms. The maximum atomic E-state index is 6.07. The molecule has 142 valence electrons. The van der Waals surface area contributed by atoms with Crippen molar-refractivity contribution in [1.82, 2.24) is 0 Å². The van der Waals surface area contributed by atoms with Gasteiger partial charge in [-0.3, -0.25) is 0 Å². The molecule has 2 saturated carbocycles. The van der Waals surface area contributed by atoms with E-state index in [1.54, 1.807) is 16.7 Å². The summed E-state index contributed by atoms with van der Waals surface area (Å²) in [6.07, 6.45) is 16.9. The molecule has 0 saturated heterocycles. The van der Waals surface area contributed by atoms with E-state index in [9.17, 15) is 0 Å². The molecule has 1 nitrogen and oxygen atoms in total. The molecular formula is C25H36O. The van der Waals surface area contributed by atoms with E-state index in [0.717, 1.165) is 30.3 Å². The maximum absolute atomic E-state index is 6.07. The zero-order valence-corrected chi connectivity index (χ0v) is 16.8. The fourth-order valence-electron chi connectivity index (χ4n) is 5.80. The Kier molecular flexibility index (Phi) is 5.84. The van der Waals surface area contributed by atoms with Crippen molar-refractivity contribution >= 4 is 0 Å². The van der Waals surface area contributed by atoms with Gasteiger partial charge in [0.25, 0.3) is 0 Å². The molecule has 0 N–H and O–H groups in total. The van der Waals surface area contributed by atoms with Crippen LogP contribution >= 0.6 is 0 Å². The van der Waals surface area contributed by atoms with Gasteiger partial charge < -0.3 is 4.74 Å². The summed E-state index contributed by atoms with van der Waals surface area (Å²) in [7, 11) is 0. The second-order valence-corrected chi connectivity index (χ2v) is 9.24. The monoisotopic (exact) mass is 352 g/mol. The number of allylic oxidation sites excluding steroid dienone is 1. The quantitative estimate of drug-likeness (QED) is 0.565. The Hall–Kier alpha value is -1.08. The number of rotatable bonds is 4. The summed E-state index contributed by atoms with van der Waals surface area (Å²) >= 11 is 0. The van der Waals surface area contributed by atoms with Gasteiger partial charge in [0.1, 0.15) is 0 Å². The van der Waals surface area contributed by atoms with Gasteiger partial charge >= 0.3 is 0 Å². The molecule has 0 bridgehead atoms. The van der Waals surface area contributed by atoms with Crippen LogP contribution in [0.4, 0.5) is 0 Å². The van der Waals surface area contributed by atoms with Crippen molar-refractivity contribution in [3.05, 3.63) is 47.0 Å². The third kappa shape index (κ3) is 4.09. The van der Waals surface area contributed by atoms with Gasteiger partial charge in [0, 0.05) is 0 Å². The van der Waals surface area contributed by atoms with E-state index in [-0.39, 0.29) is 0 Å². The summed E-state index contributed by atoms with van der Waals surface area (Å²) in [6, 6.07) is 7.50. The van der Waals surface area contributed by atoms with Crippen molar-refractivity contribution < 1.29 is 4.74 Å². The number of hydrogen-bond acceptors (Lipinski definition) is 1. The van der Waals surface area contributed by atoms with E-state index < -0.39 is 0 Å². The molecule has 1 aromatic rings. The third-order valence-corrected chi connectivity index (χ3v) is 7.41. The minimum atomic E-state index is 0.509. The van der Waals surface area contributed by atoms with Gasteiger partial charge in [0.05, 0.1) is 12.7 Å².